The predicted octanol–water partition coefficient (Wildman–Crippen LogP) is 2.11. The molecule has 0 atom stereocenters. The van der Waals surface area contributed by atoms with E-state index >= 15 is 0 Å². The highest BCUT2D eigenvalue weighted by molar-refractivity contribution is 7.07. The molecule has 2 rings (SSSR count). The third-order valence-electron chi connectivity index (χ3n) is 2.31. The van der Waals surface area contributed by atoms with E-state index in [1.54, 1.807) is 36.7 Å². The number of aromatic nitrogens is 1. The summed E-state index contributed by atoms with van der Waals surface area (Å²) in [5.41, 5.74) is 1.73. The number of carbonyl (C=O) groups excluding carboxylic acids is 1. The molecule has 0 bridgehead atoms. The molecular weight excluding hydrogens is 234 g/mol. The molecule has 0 aromatic carbocycles. The van der Waals surface area contributed by atoms with E-state index in [1.807, 2.05) is 16.8 Å². The zero-order chi connectivity index (χ0) is 12.1. The SMILES string of the molecule is CNc1cc(C(=O)NCc2ccsc2)ccn1. The molecule has 0 saturated carbocycles. The number of pyridine rings is 1. The first-order valence-electron chi connectivity index (χ1n) is 5.22. The van der Waals surface area contributed by atoms with Crippen LogP contribution in [0.25, 0.3) is 0 Å². The Morgan fingerprint density at radius 1 is 1.47 bits per heavy atom. The van der Waals surface area contributed by atoms with E-state index in [4.69, 9.17) is 0 Å². The fraction of sp³-hybridized carbons (Fsp3) is 0.167. The normalized spacial score (nSPS) is 9.94. The van der Waals surface area contributed by atoms with Crippen molar-refractivity contribution in [3.05, 3.63) is 46.3 Å². The standard InChI is InChI=1S/C12H13N3OS/c1-13-11-6-10(2-4-14-11)12(16)15-7-9-3-5-17-8-9/h2-6,8H,7H2,1H3,(H,13,14)(H,15,16). The van der Waals surface area contributed by atoms with Gasteiger partial charge in [0.1, 0.15) is 5.82 Å². The number of carbonyl (C=O) groups is 1. The fourth-order valence-corrected chi connectivity index (χ4v) is 2.05. The van der Waals surface area contributed by atoms with Gasteiger partial charge in [-0.1, -0.05) is 0 Å². The highest BCUT2D eigenvalue weighted by Crippen LogP contribution is 2.08. The molecule has 4 nitrogen and oxygen atoms in total. The molecule has 1 amide bonds. The Morgan fingerprint density at radius 2 is 2.35 bits per heavy atom. The largest absolute Gasteiger partial charge is 0.373 e. The smallest absolute Gasteiger partial charge is 0.251 e. The van der Waals surface area contributed by atoms with E-state index in [9.17, 15) is 4.79 Å². The highest BCUT2D eigenvalue weighted by atomic mass is 32.1. The molecule has 2 aromatic rings. The van der Waals surface area contributed by atoms with Crippen molar-refractivity contribution in [1.29, 1.82) is 0 Å². The Kier molecular flexibility index (Phi) is 3.72. The maximum absolute atomic E-state index is 11.8. The molecule has 2 aromatic heterocycles. The van der Waals surface area contributed by atoms with Crippen LogP contribution >= 0.6 is 11.3 Å². The minimum atomic E-state index is -0.0879. The number of amides is 1. The molecule has 0 unspecified atom stereocenters. The van der Waals surface area contributed by atoms with Crippen molar-refractivity contribution >= 4 is 23.1 Å². The number of anilines is 1. The van der Waals surface area contributed by atoms with Crippen LogP contribution in [0.2, 0.25) is 0 Å². The molecule has 2 heterocycles. The van der Waals surface area contributed by atoms with Gasteiger partial charge in [-0.15, -0.1) is 0 Å². The second kappa shape index (κ2) is 5.45. The van der Waals surface area contributed by atoms with Gasteiger partial charge in [0.05, 0.1) is 0 Å². The summed E-state index contributed by atoms with van der Waals surface area (Å²) in [7, 11) is 1.77. The minimum Gasteiger partial charge on any atom is -0.373 e. The Hall–Kier alpha value is -1.88. The van der Waals surface area contributed by atoms with Gasteiger partial charge in [0.2, 0.25) is 0 Å². The number of hydrogen-bond donors (Lipinski definition) is 2. The van der Waals surface area contributed by atoms with Crippen molar-refractivity contribution in [3.8, 4) is 0 Å². The predicted molar refractivity (Wildman–Crippen MR) is 69.3 cm³/mol. The number of nitrogens with zero attached hydrogens (tertiary/aromatic N) is 1. The lowest BCUT2D eigenvalue weighted by Gasteiger charge is -2.05. The maximum atomic E-state index is 11.8. The molecule has 0 aliphatic carbocycles. The van der Waals surface area contributed by atoms with E-state index < -0.39 is 0 Å². The Bertz CT molecular complexity index is 496. The third-order valence-corrected chi connectivity index (χ3v) is 3.04. The average Bonchev–Trinajstić information content (AvgIpc) is 2.89. The van der Waals surface area contributed by atoms with Crippen LogP contribution in [0.3, 0.4) is 0 Å². The molecule has 0 fully saturated rings. The van der Waals surface area contributed by atoms with Crippen LogP contribution in [0.15, 0.2) is 35.2 Å². The quantitative estimate of drug-likeness (QED) is 0.870. The average molecular weight is 247 g/mol. The molecule has 0 aliphatic heterocycles. The van der Waals surface area contributed by atoms with E-state index in [0.29, 0.717) is 17.9 Å². The third kappa shape index (κ3) is 3.04. The van der Waals surface area contributed by atoms with Crippen molar-refractivity contribution in [2.45, 2.75) is 6.54 Å². The monoisotopic (exact) mass is 247 g/mol. The van der Waals surface area contributed by atoms with E-state index in [2.05, 4.69) is 15.6 Å². The lowest BCUT2D eigenvalue weighted by atomic mass is 10.2. The molecule has 0 spiro atoms. The van der Waals surface area contributed by atoms with Crippen LogP contribution in [0.1, 0.15) is 15.9 Å². The molecule has 88 valence electrons. The van der Waals surface area contributed by atoms with Crippen molar-refractivity contribution in [2.24, 2.45) is 0 Å². The second-order valence-corrected chi connectivity index (χ2v) is 4.27. The van der Waals surface area contributed by atoms with Gasteiger partial charge < -0.3 is 10.6 Å². The zero-order valence-electron chi connectivity index (χ0n) is 9.43. The first kappa shape index (κ1) is 11.6. The molecule has 0 saturated heterocycles. The highest BCUT2D eigenvalue weighted by Gasteiger charge is 2.06. The summed E-state index contributed by atoms with van der Waals surface area (Å²) in [6.45, 7) is 0.555. The minimum absolute atomic E-state index is 0.0879. The van der Waals surface area contributed by atoms with Crippen LogP contribution in [0, 0.1) is 0 Å². The van der Waals surface area contributed by atoms with Crippen LogP contribution in [0.5, 0.6) is 0 Å². The summed E-state index contributed by atoms with van der Waals surface area (Å²) in [4.78, 5) is 15.9. The molecule has 0 aliphatic rings. The van der Waals surface area contributed by atoms with Crippen molar-refractivity contribution in [3.63, 3.8) is 0 Å². The number of nitrogens with one attached hydrogen (secondary N) is 2. The Labute approximate surface area is 104 Å². The van der Waals surface area contributed by atoms with Gasteiger partial charge in [-0.05, 0) is 34.5 Å². The molecular formula is C12H13N3OS. The summed E-state index contributed by atoms with van der Waals surface area (Å²) in [5.74, 6) is 0.600. The van der Waals surface area contributed by atoms with Gasteiger partial charge in [-0.2, -0.15) is 11.3 Å². The van der Waals surface area contributed by atoms with Gasteiger partial charge >= 0.3 is 0 Å². The van der Waals surface area contributed by atoms with E-state index in [-0.39, 0.29) is 5.91 Å². The first-order chi connectivity index (χ1) is 8.29. The van der Waals surface area contributed by atoms with Gasteiger partial charge in [0.15, 0.2) is 0 Å². The summed E-state index contributed by atoms with van der Waals surface area (Å²) < 4.78 is 0. The number of rotatable bonds is 4. The summed E-state index contributed by atoms with van der Waals surface area (Å²) >= 11 is 1.62. The topological polar surface area (TPSA) is 54.0 Å². The number of hydrogen-bond acceptors (Lipinski definition) is 4. The lowest BCUT2D eigenvalue weighted by Crippen LogP contribution is -2.22. The molecule has 5 heteroatoms. The van der Waals surface area contributed by atoms with Crippen molar-refractivity contribution in [1.82, 2.24) is 10.3 Å². The second-order valence-electron chi connectivity index (χ2n) is 3.49. The Balaban J connectivity index is 1.99. The fourth-order valence-electron chi connectivity index (χ4n) is 1.39. The van der Waals surface area contributed by atoms with Crippen molar-refractivity contribution < 1.29 is 4.79 Å². The maximum Gasteiger partial charge on any atom is 0.251 e. The van der Waals surface area contributed by atoms with E-state index in [0.717, 1.165) is 5.56 Å². The van der Waals surface area contributed by atoms with Gasteiger partial charge in [-0.25, -0.2) is 4.98 Å². The van der Waals surface area contributed by atoms with Crippen LogP contribution < -0.4 is 10.6 Å². The number of thiophene rings is 1. The van der Waals surface area contributed by atoms with Gasteiger partial charge in [-0.3, -0.25) is 4.79 Å². The van der Waals surface area contributed by atoms with Crippen LogP contribution in [0.4, 0.5) is 5.82 Å². The first-order valence-corrected chi connectivity index (χ1v) is 6.17. The van der Waals surface area contributed by atoms with Crippen LogP contribution in [-0.2, 0) is 6.54 Å². The lowest BCUT2D eigenvalue weighted by molar-refractivity contribution is 0.0951. The zero-order valence-corrected chi connectivity index (χ0v) is 10.3. The summed E-state index contributed by atoms with van der Waals surface area (Å²) in [6.07, 6.45) is 1.62. The molecule has 2 N–H and O–H groups in total. The summed E-state index contributed by atoms with van der Waals surface area (Å²) in [6, 6.07) is 5.42. The van der Waals surface area contributed by atoms with Gasteiger partial charge in [0.25, 0.3) is 5.91 Å². The van der Waals surface area contributed by atoms with Crippen LogP contribution in [-0.4, -0.2) is 17.9 Å². The van der Waals surface area contributed by atoms with E-state index in [1.165, 1.54) is 0 Å². The molecule has 17 heavy (non-hydrogen) atoms. The summed E-state index contributed by atoms with van der Waals surface area (Å²) in [5, 5.41) is 9.78. The van der Waals surface area contributed by atoms with Crippen molar-refractivity contribution in [2.75, 3.05) is 12.4 Å². The molecule has 0 radical (unpaired) electrons. The van der Waals surface area contributed by atoms with Gasteiger partial charge in [0, 0.05) is 25.4 Å². The Morgan fingerprint density at radius 3 is 3.06 bits per heavy atom.